The van der Waals surface area contributed by atoms with Crippen molar-refractivity contribution in [3.63, 3.8) is 0 Å². The second-order valence-corrected chi connectivity index (χ2v) is 3.82. The minimum absolute atomic E-state index is 0.263. The molecular weight excluding hydrogens is 261 g/mol. The molecule has 0 saturated carbocycles. The van der Waals surface area contributed by atoms with E-state index < -0.39 is 0 Å². The van der Waals surface area contributed by atoms with E-state index in [-0.39, 0.29) is 5.82 Å². The highest BCUT2D eigenvalue weighted by Crippen LogP contribution is 2.15. The summed E-state index contributed by atoms with van der Waals surface area (Å²) in [6.45, 7) is 1.84. The van der Waals surface area contributed by atoms with Crippen LogP contribution in [0.1, 0.15) is 11.3 Å². The summed E-state index contributed by atoms with van der Waals surface area (Å²) in [6.07, 6.45) is 1.65. The Bertz CT molecular complexity index is 461. The van der Waals surface area contributed by atoms with Gasteiger partial charge in [-0.2, -0.15) is 0 Å². The molecule has 3 nitrogen and oxygen atoms in total. The highest BCUT2D eigenvalue weighted by molar-refractivity contribution is 9.08. The van der Waals surface area contributed by atoms with E-state index in [2.05, 4.69) is 26.2 Å². The minimum atomic E-state index is -0.263. The molecule has 0 aliphatic heterocycles. The zero-order valence-corrected chi connectivity index (χ0v) is 9.70. The molecule has 0 saturated heterocycles. The number of aromatic nitrogens is 3. The van der Waals surface area contributed by atoms with Crippen LogP contribution >= 0.6 is 15.9 Å². The number of rotatable bonds is 2. The number of alkyl halides is 1. The van der Waals surface area contributed by atoms with Gasteiger partial charge in [0.1, 0.15) is 5.82 Å². The molecule has 1 heterocycles. The molecule has 0 N–H and O–H groups in total. The molecule has 0 spiro atoms. The van der Waals surface area contributed by atoms with Crippen LogP contribution in [0.2, 0.25) is 0 Å². The van der Waals surface area contributed by atoms with Crippen LogP contribution in [0.5, 0.6) is 0 Å². The Morgan fingerprint density at radius 2 is 2.20 bits per heavy atom. The van der Waals surface area contributed by atoms with Gasteiger partial charge in [0, 0.05) is 5.33 Å². The molecule has 0 aliphatic rings. The van der Waals surface area contributed by atoms with E-state index in [9.17, 15) is 4.39 Å². The van der Waals surface area contributed by atoms with Crippen molar-refractivity contribution in [1.82, 2.24) is 15.0 Å². The van der Waals surface area contributed by atoms with Crippen LogP contribution in [-0.2, 0) is 5.33 Å². The van der Waals surface area contributed by atoms with Crippen LogP contribution in [0.4, 0.5) is 4.39 Å². The van der Waals surface area contributed by atoms with E-state index in [4.69, 9.17) is 0 Å². The topological polar surface area (TPSA) is 30.7 Å². The van der Waals surface area contributed by atoms with E-state index >= 15 is 0 Å². The van der Waals surface area contributed by atoms with Crippen molar-refractivity contribution >= 4 is 15.9 Å². The van der Waals surface area contributed by atoms with Crippen LogP contribution in [-0.4, -0.2) is 15.0 Å². The van der Waals surface area contributed by atoms with Crippen LogP contribution < -0.4 is 0 Å². The predicted octanol–water partition coefficient (Wildman–Crippen LogP) is 2.61. The third-order valence-electron chi connectivity index (χ3n) is 2.03. The molecule has 2 rings (SSSR count). The first-order valence-electron chi connectivity index (χ1n) is 4.44. The fraction of sp³-hybridized carbons (Fsp3) is 0.200. The average Bonchev–Trinajstić information content (AvgIpc) is 2.63. The highest BCUT2D eigenvalue weighted by Gasteiger charge is 2.06. The Kier molecular flexibility index (Phi) is 2.81. The summed E-state index contributed by atoms with van der Waals surface area (Å²) in [6, 6.07) is 4.78. The van der Waals surface area contributed by atoms with Crippen molar-refractivity contribution < 1.29 is 4.39 Å². The first kappa shape index (κ1) is 10.3. The van der Waals surface area contributed by atoms with E-state index in [0.717, 1.165) is 11.3 Å². The molecule has 0 bridgehead atoms. The quantitative estimate of drug-likeness (QED) is 0.785. The summed E-state index contributed by atoms with van der Waals surface area (Å²) in [5.74, 6) is -0.263. The molecule has 15 heavy (non-hydrogen) atoms. The molecule has 0 atom stereocenters. The van der Waals surface area contributed by atoms with Gasteiger partial charge in [0.15, 0.2) is 0 Å². The van der Waals surface area contributed by atoms with Gasteiger partial charge in [-0.3, -0.25) is 0 Å². The van der Waals surface area contributed by atoms with Gasteiger partial charge in [-0.15, -0.1) is 5.10 Å². The van der Waals surface area contributed by atoms with Crippen molar-refractivity contribution in [2.75, 3.05) is 0 Å². The third-order valence-corrected chi connectivity index (χ3v) is 2.60. The lowest BCUT2D eigenvalue weighted by Crippen LogP contribution is -2.01. The molecule has 0 radical (unpaired) electrons. The number of nitrogens with zero attached hydrogens (tertiary/aromatic N) is 3. The average molecular weight is 270 g/mol. The SMILES string of the molecule is Cc1cc(F)cc(-n2nncc2CBr)c1. The lowest BCUT2D eigenvalue weighted by Gasteiger charge is -2.05. The molecule has 1 aromatic carbocycles. The summed E-state index contributed by atoms with van der Waals surface area (Å²) in [7, 11) is 0. The van der Waals surface area contributed by atoms with Crippen molar-refractivity contribution in [3.05, 3.63) is 41.5 Å². The molecule has 78 valence electrons. The van der Waals surface area contributed by atoms with Gasteiger partial charge >= 0.3 is 0 Å². The summed E-state index contributed by atoms with van der Waals surface area (Å²) in [5, 5.41) is 8.33. The van der Waals surface area contributed by atoms with Crippen molar-refractivity contribution in [1.29, 1.82) is 0 Å². The Balaban J connectivity index is 2.53. The molecular formula is C10H9BrFN3. The summed E-state index contributed by atoms with van der Waals surface area (Å²) in [4.78, 5) is 0. The normalized spacial score (nSPS) is 10.6. The van der Waals surface area contributed by atoms with Gasteiger partial charge in [0.2, 0.25) is 0 Å². The van der Waals surface area contributed by atoms with Gasteiger partial charge in [0.05, 0.1) is 17.6 Å². The first-order valence-corrected chi connectivity index (χ1v) is 5.56. The highest BCUT2D eigenvalue weighted by atomic mass is 79.9. The maximum atomic E-state index is 13.2. The summed E-state index contributed by atoms with van der Waals surface area (Å²) >= 11 is 3.33. The van der Waals surface area contributed by atoms with Gasteiger partial charge in [0.25, 0.3) is 0 Å². The molecule has 1 aromatic heterocycles. The number of hydrogen-bond acceptors (Lipinski definition) is 2. The maximum absolute atomic E-state index is 13.2. The van der Waals surface area contributed by atoms with Gasteiger partial charge in [-0.05, 0) is 30.7 Å². The lowest BCUT2D eigenvalue weighted by atomic mass is 10.2. The van der Waals surface area contributed by atoms with Crippen LogP contribution in [0.25, 0.3) is 5.69 Å². The smallest absolute Gasteiger partial charge is 0.125 e. The van der Waals surface area contributed by atoms with Crippen molar-refractivity contribution in [3.8, 4) is 5.69 Å². The first-order chi connectivity index (χ1) is 7.20. The number of hydrogen-bond donors (Lipinski definition) is 0. The molecule has 0 aliphatic carbocycles. The number of aryl methyl sites for hydroxylation is 1. The molecule has 0 fully saturated rings. The second-order valence-electron chi connectivity index (χ2n) is 3.26. The Labute approximate surface area is 95.0 Å². The van der Waals surface area contributed by atoms with E-state index in [1.807, 2.05) is 13.0 Å². The minimum Gasteiger partial charge on any atom is -0.217 e. The monoisotopic (exact) mass is 269 g/mol. The molecule has 0 unspecified atom stereocenters. The maximum Gasteiger partial charge on any atom is 0.125 e. The lowest BCUT2D eigenvalue weighted by molar-refractivity contribution is 0.623. The van der Waals surface area contributed by atoms with E-state index in [0.29, 0.717) is 11.0 Å². The Hall–Kier alpha value is -1.23. The zero-order valence-electron chi connectivity index (χ0n) is 8.11. The van der Waals surface area contributed by atoms with Gasteiger partial charge in [-0.25, -0.2) is 9.07 Å². The summed E-state index contributed by atoms with van der Waals surface area (Å²) in [5.41, 5.74) is 2.44. The third kappa shape index (κ3) is 2.07. The summed E-state index contributed by atoms with van der Waals surface area (Å²) < 4.78 is 14.8. The standard InChI is InChI=1S/C10H9BrFN3/c1-7-2-8(12)4-9(3-7)15-10(5-11)6-13-14-15/h2-4,6H,5H2,1H3. The number of halogens is 2. The zero-order chi connectivity index (χ0) is 10.8. The van der Waals surface area contributed by atoms with Crippen LogP contribution in [0.15, 0.2) is 24.4 Å². The van der Waals surface area contributed by atoms with Crippen molar-refractivity contribution in [2.45, 2.75) is 12.3 Å². The number of benzene rings is 1. The van der Waals surface area contributed by atoms with Crippen LogP contribution in [0, 0.1) is 12.7 Å². The predicted molar refractivity (Wildman–Crippen MR) is 58.7 cm³/mol. The van der Waals surface area contributed by atoms with Gasteiger partial charge in [-0.1, -0.05) is 21.1 Å². The Morgan fingerprint density at radius 3 is 2.87 bits per heavy atom. The van der Waals surface area contributed by atoms with Crippen molar-refractivity contribution in [2.24, 2.45) is 0 Å². The second kappa shape index (κ2) is 4.10. The fourth-order valence-electron chi connectivity index (χ4n) is 1.40. The van der Waals surface area contributed by atoms with Crippen LogP contribution in [0.3, 0.4) is 0 Å². The fourth-order valence-corrected chi connectivity index (χ4v) is 1.79. The Morgan fingerprint density at radius 1 is 1.40 bits per heavy atom. The van der Waals surface area contributed by atoms with E-state index in [1.165, 1.54) is 12.1 Å². The molecule has 5 heteroatoms. The largest absolute Gasteiger partial charge is 0.217 e. The molecule has 0 amide bonds. The van der Waals surface area contributed by atoms with E-state index in [1.54, 1.807) is 10.9 Å². The molecule has 2 aromatic rings. The van der Waals surface area contributed by atoms with Gasteiger partial charge < -0.3 is 0 Å².